The van der Waals surface area contributed by atoms with Gasteiger partial charge in [0.05, 0.1) is 0 Å². The molecule has 102 valence electrons. The Morgan fingerprint density at radius 2 is 2.00 bits per heavy atom. The Bertz CT molecular complexity index is 476. The minimum Gasteiger partial charge on any atom is -0.480 e. The summed E-state index contributed by atoms with van der Waals surface area (Å²) >= 11 is 4.99. The van der Waals surface area contributed by atoms with Gasteiger partial charge < -0.3 is 21.1 Å². The molecular formula is C12H15N3O3S. The Kier molecular flexibility index (Phi) is 5.40. The second-order valence-corrected chi connectivity index (χ2v) is 4.29. The summed E-state index contributed by atoms with van der Waals surface area (Å²) < 4.78 is 0. The standard InChI is InChI=1S/C9H8N2OS.C3H7NO2/c12-8-6-11(9(13)10-8)7-4-2-1-3-5-7;1-2(4)3(5)6/h1-5H,6H2,(H,10,12,13);2H,4H2,1H3,(H,5,6). The Balaban J connectivity index is 0.000000258. The Hall–Kier alpha value is -1.99. The lowest BCUT2D eigenvalue weighted by Gasteiger charge is -2.14. The number of hydrogen-bond donors (Lipinski definition) is 3. The first-order valence-electron chi connectivity index (χ1n) is 5.56. The minimum absolute atomic E-state index is 0.0474. The van der Waals surface area contributed by atoms with Crippen LogP contribution in [0.3, 0.4) is 0 Å². The molecule has 1 aromatic carbocycles. The van der Waals surface area contributed by atoms with E-state index in [9.17, 15) is 9.59 Å². The molecule has 0 aliphatic carbocycles. The molecule has 0 radical (unpaired) electrons. The lowest BCUT2D eigenvalue weighted by molar-refractivity contribution is -0.138. The summed E-state index contributed by atoms with van der Waals surface area (Å²) in [4.78, 5) is 22.3. The molecule has 2 rings (SSSR count). The van der Waals surface area contributed by atoms with Gasteiger partial charge in [-0.2, -0.15) is 0 Å². The lowest BCUT2D eigenvalue weighted by Crippen LogP contribution is -2.27. The number of carboxylic acid groups (broad SMARTS) is 1. The zero-order valence-electron chi connectivity index (χ0n) is 10.4. The van der Waals surface area contributed by atoms with Crippen molar-refractivity contribution < 1.29 is 14.7 Å². The number of carbonyl (C=O) groups excluding carboxylic acids is 1. The number of carboxylic acids is 1. The van der Waals surface area contributed by atoms with Gasteiger partial charge in [-0.25, -0.2) is 0 Å². The summed E-state index contributed by atoms with van der Waals surface area (Å²) in [6, 6.07) is 8.88. The fourth-order valence-corrected chi connectivity index (χ4v) is 1.54. The van der Waals surface area contributed by atoms with Gasteiger partial charge in [0.15, 0.2) is 5.11 Å². The summed E-state index contributed by atoms with van der Waals surface area (Å²) in [7, 11) is 0. The molecule has 1 amide bonds. The van der Waals surface area contributed by atoms with Crippen LogP contribution in [-0.4, -0.2) is 34.7 Å². The predicted molar refractivity (Wildman–Crippen MR) is 75.8 cm³/mol. The van der Waals surface area contributed by atoms with Crippen LogP contribution in [0.1, 0.15) is 6.92 Å². The fourth-order valence-electron chi connectivity index (χ4n) is 1.26. The van der Waals surface area contributed by atoms with Gasteiger partial charge in [0, 0.05) is 5.69 Å². The largest absolute Gasteiger partial charge is 0.480 e. The molecule has 1 saturated heterocycles. The zero-order chi connectivity index (χ0) is 14.4. The molecule has 6 nitrogen and oxygen atoms in total. The van der Waals surface area contributed by atoms with Gasteiger partial charge in [-0.3, -0.25) is 9.59 Å². The first-order chi connectivity index (χ1) is 8.91. The maximum Gasteiger partial charge on any atom is 0.320 e. The van der Waals surface area contributed by atoms with Crippen LogP contribution in [0.2, 0.25) is 0 Å². The second kappa shape index (κ2) is 6.81. The topological polar surface area (TPSA) is 95.7 Å². The molecule has 1 unspecified atom stereocenters. The van der Waals surface area contributed by atoms with Gasteiger partial charge in [0.1, 0.15) is 12.6 Å². The summed E-state index contributed by atoms with van der Waals surface area (Å²) in [5.74, 6) is -1.01. The average molecular weight is 281 g/mol. The number of nitrogens with one attached hydrogen (secondary N) is 1. The fraction of sp³-hybridized carbons (Fsp3) is 0.250. The number of thiocarbonyl (C=S) groups is 1. The van der Waals surface area contributed by atoms with E-state index in [1.54, 1.807) is 4.90 Å². The summed E-state index contributed by atoms with van der Waals surface area (Å²) in [6.07, 6.45) is 0. The van der Waals surface area contributed by atoms with E-state index in [4.69, 9.17) is 23.1 Å². The summed E-state index contributed by atoms with van der Waals surface area (Å²) in [6.45, 7) is 1.74. The highest BCUT2D eigenvalue weighted by Crippen LogP contribution is 2.15. The third-order valence-electron chi connectivity index (χ3n) is 2.25. The Morgan fingerprint density at radius 1 is 1.47 bits per heavy atom. The monoisotopic (exact) mass is 281 g/mol. The summed E-state index contributed by atoms with van der Waals surface area (Å²) in [5, 5.41) is 10.9. The lowest BCUT2D eigenvalue weighted by atomic mass is 10.3. The molecule has 0 bridgehead atoms. The molecule has 0 saturated carbocycles. The number of aliphatic carboxylic acids is 1. The van der Waals surface area contributed by atoms with Crippen molar-refractivity contribution in [3.63, 3.8) is 0 Å². The molecule has 1 atom stereocenters. The van der Waals surface area contributed by atoms with Crippen molar-refractivity contribution in [2.24, 2.45) is 5.73 Å². The summed E-state index contributed by atoms with van der Waals surface area (Å²) in [5.41, 5.74) is 5.79. The van der Waals surface area contributed by atoms with Crippen LogP contribution in [0, 0.1) is 0 Å². The van der Waals surface area contributed by atoms with Gasteiger partial charge in [0.25, 0.3) is 0 Å². The predicted octanol–water partition coefficient (Wildman–Crippen LogP) is 0.326. The third-order valence-corrected chi connectivity index (χ3v) is 2.57. The van der Waals surface area contributed by atoms with E-state index in [-0.39, 0.29) is 5.91 Å². The maximum absolute atomic E-state index is 11.0. The molecule has 4 N–H and O–H groups in total. The highest BCUT2D eigenvalue weighted by molar-refractivity contribution is 7.80. The molecule has 1 fully saturated rings. The molecule has 1 aliphatic heterocycles. The van der Waals surface area contributed by atoms with Crippen molar-refractivity contribution >= 4 is 34.9 Å². The van der Waals surface area contributed by atoms with Crippen molar-refractivity contribution in [3.8, 4) is 0 Å². The van der Waals surface area contributed by atoms with Gasteiger partial charge in [-0.05, 0) is 31.3 Å². The van der Waals surface area contributed by atoms with E-state index in [1.807, 2.05) is 30.3 Å². The highest BCUT2D eigenvalue weighted by Gasteiger charge is 2.23. The molecule has 1 aliphatic rings. The van der Waals surface area contributed by atoms with Crippen LogP contribution in [0.15, 0.2) is 30.3 Å². The van der Waals surface area contributed by atoms with Crippen molar-refractivity contribution in [1.29, 1.82) is 0 Å². The maximum atomic E-state index is 11.0. The average Bonchev–Trinajstić information content (AvgIpc) is 2.70. The van der Waals surface area contributed by atoms with E-state index < -0.39 is 12.0 Å². The molecule has 1 heterocycles. The van der Waals surface area contributed by atoms with Crippen molar-refractivity contribution in [3.05, 3.63) is 30.3 Å². The number of nitrogens with zero attached hydrogens (tertiary/aromatic N) is 1. The van der Waals surface area contributed by atoms with E-state index in [1.165, 1.54) is 6.92 Å². The highest BCUT2D eigenvalue weighted by atomic mass is 32.1. The van der Waals surface area contributed by atoms with Crippen molar-refractivity contribution in [1.82, 2.24) is 5.32 Å². The number of amides is 1. The van der Waals surface area contributed by atoms with Crippen LogP contribution in [0.4, 0.5) is 5.69 Å². The van der Waals surface area contributed by atoms with Gasteiger partial charge in [-0.1, -0.05) is 18.2 Å². The number of nitrogens with two attached hydrogens (primary N) is 1. The number of carbonyl (C=O) groups is 2. The molecule has 19 heavy (non-hydrogen) atoms. The Labute approximate surface area is 116 Å². The van der Waals surface area contributed by atoms with Crippen LogP contribution in [0.25, 0.3) is 0 Å². The number of anilines is 1. The first kappa shape index (κ1) is 15.1. The third kappa shape index (κ3) is 4.65. The van der Waals surface area contributed by atoms with Crippen molar-refractivity contribution in [2.75, 3.05) is 11.4 Å². The van der Waals surface area contributed by atoms with E-state index >= 15 is 0 Å². The van der Waals surface area contributed by atoms with E-state index in [0.717, 1.165) is 5.69 Å². The zero-order valence-corrected chi connectivity index (χ0v) is 11.2. The number of hydrogen-bond acceptors (Lipinski definition) is 4. The molecule has 0 aromatic heterocycles. The van der Waals surface area contributed by atoms with Crippen LogP contribution in [-0.2, 0) is 9.59 Å². The number of para-hydroxylation sites is 1. The van der Waals surface area contributed by atoms with Crippen LogP contribution >= 0.6 is 12.2 Å². The second-order valence-electron chi connectivity index (χ2n) is 3.90. The Morgan fingerprint density at radius 3 is 2.37 bits per heavy atom. The SMILES string of the molecule is CC(N)C(=O)O.O=C1CN(c2ccccc2)C(=S)N1. The van der Waals surface area contributed by atoms with Gasteiger partial charge >= 0.3 is 5.97 Å². The first-order valence-corrected chi connectivity index (χ1v) is 5.97. The number of rotatable bonds is 2. The van der Waals surface area contributed by atoms with Crippen molar-refractivity contribution in [2.45, 2.75) is 13.0 Å². The number of benzene rings is 1. The smallest absolute Gasteiger partial charge is 0.320 e. The normalized spacial score (nSPS) is 15.4. The molecule has 7 heteroatoms. The van der Waals surface area contributed by atoms with Crippen LogP contribution < -0.4 is 16.0 Å². The molecule has 0 spiro atoms. The van der Waals surface area contributed by atoms with E-state index in [2.05, 4.69) is 5.32 Å². The minimum atomic E-state index is -0.963. The molecular weight excluding hydrogens is 266 g/mol. The van der Waals surface area contributed by atoms with Gasteiger partial charge in [-0.15, -0.1) is 0 Å². The van der Waals surface area contributed by atoms with Crippen LogP contribution in [0.5, 0.6) is 0 Å². The quantitative estimate of drug-likeness (QED) is 0.676. The van der Waals surface area contributed by atoms with Gasteiger partial charge in [0.2, 0.25) is 5.91 Å². The molecule has 1 aromatic rings. The van der Waals surface area contributed by atoms with E-state index in [0.29, 0.717) is 11.7 Å².